The predicted octanol–water partition coefficient (Wildman–Crippen LogP) is 3.35. The van der Waals surface area contributed by atoms with Gasteiger partial charge in [-0.1, -0.05) is 41.9 Å². The second-order valence-electron chi connectivity index (χ2n) is 6.47. The van der Waals surface area contributed by atoms with Crippen LogP contribution in [0.4, 0.5) is 4.79 Å². The molecule has 2 aromatic carbocycles. The number of halogens is 1. The molecule has 3 amide bonds. The summed E-state index contributed by atoms with van der Waals surface area (Å²) in [6.07, 6.45) is 0.517. The molecule has 2 N–H and O–H groups in total. The number of nitrogens with zero attached hydrogens (tertiary/aromatic N) is 2. The number of carbonyl (C=O) groups is 2. The smallest absolute Gasteiger partial charge is 0.315 e. The van der Waals surface area contributed by atoms with E-state index in [1.165, 1.54) is 5.01 Å². The van der Waals surface area contributed by atoms with Gasteiger partial charge in [0.05, 0.1) is 18.9 Å². The zero-order chi connectivity index (χ0) is 20.8. The Morgan fingerprint density at radius 1 is 1.17 bits per heavy atom. The van der Waals surface area contributed by atoms with Crippen LogP contribution in [0.5, 0.6) is 5.75 Å². The summed E-state index contributed by atoms with van der Waals surface area (Å²) < 4.78 is 5.22. The van der Waals surface area contributed by atoms with Crippen molar-refractivity contribution in [3.8, 4) is 5.75 Å². The minimum absolute atomic E-state index is 0.155. The van der Waals surface area contributed by atoms with E-state index in [1.807, 2.05) is 49.4 Å². The topological polar surface area (TPSA) is 83.0 Å². The molecule has 0 saturated heterocycles. The Bertz CT molecular complexity index is 914. The van der Waals surface area contributed by atoms with Gasteiger partial charge in [0.15, 0.2) is 0 Å². The Morgan fingerprint density at radius 2 is 1.90 bits per heavy atom. The number of rotatable bonds is 6. The van der Waals surface area contributed by atoms with Crippen molar-refractivity contribution >= 4 is 29.3 Å². The molecule has 0 bridgehead atoms. The maximum Gasteiger partial charge on any atom is 0.315 e. The molecule has 1 unspecified atom stereocenters. The van der Waals surface area contributed by atoms with Gasteiger partial charge < -0.3 is 15.4 Å². The standard InChI is InChI=1S/C21H23ClN4O3/c1-3-23-21(28)24-13-20(27)26-19(14-8-10-15(29-2)11-9-14)12-18(25-26)16-6-4-5-7-17(16)22/h4-11,19H,3,12-13H2,1-2H3,(H2,23,24,28). The summed E-state index contributed by atoms with van der Waals surface area (Å²) in [7, 11) is 1.60. The molecular weight excluding hydrogens is 392 g/mol. The molecule has 0 fully saturated rings. The first kappa shape index (κ1) is 20.7. The number of benzene rings is 2. The SMILES string of the molecule is CCNC(=O)NCC(=O)N1N=C(c2ccccc2Cl)CC1c1ccc(OC)cc1. The Kier molecular flexibility index (Phi) is 6.72. The van der Waals surface area contributed by atoms with Crippen molar-refractivity contribution in [3.05, 3.63) is 64.7 Å². The van der Waals surface area contributed by atoms with Gasteiger partial charge in [-0.2, -0.15) is 5.10 Å². The summed E-state index contributed by atoms with van der Waals surface area (Å²) in [5.41, 5.74) is 2.44. The van der Waals surface area contributed by atoms with Crippen LogP contribution in [0.1, 0.15) is 30.5 Å². The highest BCUT2D eigenvalue weighted by Gasteiger charge is 2.33. The average Bonchev–Trinajstić information content (AvgIpc) is 3.18. The van der Waals surface area contributed by atoms with Crippen molar-refractivity contribution in [3.63, 3.8) is 0 Å². The number of ether oxygens (including phenoxy) is 1. The van der Waals surface area contributed by atoms with Crippen LogP contribution in [0.2, 0.25) is 5.02 Å². The first-order valence-electron chi connectivity index (χ1n) is 9.33. The number of carbonyl (C=O) groups excluding carboxylic acids is 2. The van der Waals surface area contributed by atoms with Crippen molar-refractivity contribution < 1.29 is 14.3 Å². The zero-order valence-corrected chi connectivity index (χ0v) is 17.1. The predicted molar refractivity (Wildman–Crippen MR) is 112 cm³/mol. The molecule has 7 nitrogen and oxygen atoms in total. The Balaban J connectivity index is 1.86. The fourth-order valence-corrected chi connectivity index (χ4v) is 3.39. The number of methoxy groups -OCH3 is 1. The number of hydrazone groups is 1. The molecule has 0 aliphatic carbocycles. The summed E-state index contributed by atoms with van der Waals surface area (Å²) >= 11 is 6.34. The van der Waals surface area contributed by atoms with E-state index in [0.29, 0.717) is 18.0 Å². The first-order chi connectivity index (χ1) is 14.0. The summed E-state index contributed by atoms with van der Waals surface area (Å²) in [4.78, 5) is 24.5. The third-order valence-electron chi connectivity index (χ3n) is 4.59. The van der Waals surface area contributed by atoms with E-state index in [1.54, 1.807) is 13.2 Å². The highest BCUT2D eigenvalue weighted by Crippen LogP contribution is 2.34. The van der Waals surface area contributed by atoms with Crippen LogP contribution < -0.4 is 15.4 Å². The molecule has 0 saturated carbocycles. The maximum absolute atomic E-state index is 12.8. The normalized spacial score (nSPS) is 15.6. The summed E-state index contributed by atoms with van der Waals surface area (Å²) in [5, 5.41) is 11.7. The molecule has 1 aliphatic rings. The maximum atomic E-state index is 12.8. The van der Waals surface area contributed by atoms with Gasteiger partial charge in [-0.15, -0.1) is 0 Å². The molecule has 0 aromatic heterocycles. The lowest BCUT2D eigenvalue weighted by Gasteiger charge is -2.22. The molecule has 29 heavy (non-hydrogen) atoms. The van der Waals surface area contributed by atoms with Crippen LogP contribution in [0, 0.1) is 0 Å². The Labute approximate surface area is 174 Å². The van der Waals surface area contributed by atoms with Gasteiger partial charge in [-0.3, -0.25) is 4.79 Å². The minimum Gasteiger partial charge on any atom is -0.497 e. The fourth-order valence-electron chi connectivity index (χ4n) is 3.14. The van der Waals surface area contributed by atoms with Crippen LogP contribution in [0.15, 0.2) is 53.6 Å². The average molecular weight is 415 g/mol. The van der Waals surface area contributed by atoms with Crippen molar-refractivity contribution in [1.29, 1.82) is 0 Å². The number of nitrogens with one attached hydrogen (secondary N) is 2. The molecule has 1 aliphatic heterocycles. The van der Waals surface area contributed by atoms with E-state index >= 15 is 0 Å². The van der Waals surface area contributed by atoms with Gasteiger partial charge in [0.2, 0.25) is 0 Å². The number of hydrogen-bond donors (Lipinski definition) is 2. The second kappa shape index (κ2) is 9.43. The minimum atomic E-state index is -0.392. The largest absolute Gasteiger partial charge is 0.497 e. The molecule has 2 aromatic rings. The van der Waals surface area contributed by atoms with E-state index in [2.05, 4.69) is 15.7 Å². The van der Waals surface area contributed by atoms with Gasteiger partial charge >= 0.3 is 6.03 Å². The molecule has 0 spiro atoms. The van der Waals surface area contributed by atoms with Crippen LogP contribution in [0.25, 0.3) is 0 Å². The quantitative estimate of drug-likeness (QED) is 0.760. The number of urea groups is 1. The van der Waals surface area contributed by atoms with Crippen LogP contribution in [0.3, 0.4) is 0 Å². The molecule has 8 heteroatoms. The number of hydrogen-bond acceptors (Lipinski definition) is 4. The molecule has 1 heterocycles. The van der Waals surface area contributed by atoms with Crippen molar-refractivity contribution in [2.75, 3.05) is 20.2 Å². The van der Waals surface area contributed by atoms with Crippen LogP contribution >= 0.6 is 11.6 Å². The fraction of sp³-hybridized carbons (Fsp3) is 0.286. The van der Waals surface area contributed by atoms with Gasteiger partial charge in [-0.25, -0.2) is 9.80 Å². The number of amides is 3. The Hall–Kier alpha value is -3.06. The highest BCUT2D eigenvalue weighted by atomic mass is 35.5. The third kappa shape index (κ3) is 4.86. The van der Waals surface area contributed by atoms with Gasteiger partial charge in [0, 0.05) is 23.6 Å². The van der Waals surface area contributed by atoms with Crippen molar-refractivity contribution in [1.82, 2.24) is 15.6 Å². The van der Waals surface area contributed by atoms with Crippen LogP contribution in [-0.2, 0) is 4.79 Å². The highest BCUT2D eigenvalue weighted by molar-refractivity contribution is 6.34. The Morgan fingerprint density at radius 3 is 2.55 bits per heavy atom. The lowest BCUT2D eigenvalue weighted by molar-refractivity contribution is -0.131. The molecule has 0 radical (unpaired) electrons. The van der Waals surface area contributed by atoms with Gasteiger partial charge in [0.1, 0.15) is 12.3 Å². The molecular formula is C21H23ClN4O3. The lowest BCUT2D eigenvalue weighted by Crippen LogP contribution is -2.42. The van der Waals surface area contributed by atoms with E-state index in [9.17, 15) is 9.59 Å². The monoisotopic (exact) mass is 414 g/mol. The zero-order valence-electron chi connectivity index (χ0n) is 16.3. The van der Waals surface area contributed by atoms with Gasteiger partial charge in [0.25, 0.3) is 5.91 Å². The lowest BCUT2D eigenvalue weighted by atomic mass is 9.98. The van der Waals surface area contributed by atoms with E-state index in [-0.39, 0.29) is 18.5 Å². The van der Waals surface area contributed by atoms with E-state index in [4.69, 9.17) is 16.3 Å². The summed E-state index contributed by atoms with van der Waals surface area (Å²) in [6.45, 7) is 2.13. The second-order valence-corrected chi connectivity index (χ2v) is 6.88. The van der Waals surface area contributed by atoms with E-state index < -0.39 is 6.03 Å². The summed E-state index contributed by atoms with van der Waals surface area (Å²) in [5.74, 6) is 0.425. The molecule has 1 atom stereocenters. The third-order valence-corrected chi connectivity index (χ3v) is 4.92. The summed E-state index contributed by atoms with van der Waals surface area (Å²) in [6, 6.07) is 14.2. The van der Waals surface area contributed by atoms with Gasteiger partial charge in [-0.05, 0) is 30.7 Å². The van der Waals surface area contributed by atoms with Crippen LogP contribution in [-0.4, -0.2) is 42.9 Å². The first-order valence-corrected chi connectivity index (χ1v) is 9.71. The van der Waals surface area contributed by atoms with Crippen molar-refractivity contribution in [2.45, 2.75) is 19.4 Å². The van der Waals surface area contributed by atoms with Crippen molar-refractivity contribution in [2.24, 2.45) is 5.10 Å². The molecule has 152 valence electrons. The molecule has 3 rings (SSSR count). The van der Waals surface area contributed by atoms with E-state index in [0.717, 1.165) is 22.6 Å².